The number of benzene rings is 1. The Morgan fingerprint density at radius 3 is 2.71 bits per heavy atom. The molecule has 0 aromatic heterocycles. The van der Waals surface area contributed by atoms with E-state index in [4.69, 9.17) is 5.73 Å². The lowest BCUT2D eigenvalue weighted by Crippen LogP contribution is -2.52. The Bertz CT molecular complexity index is 792. The molecular formula is C21H30N4O3. The van der Waals surface area contributed by atoms with Crippen molar-refractivity contribution in [3.8, 4) is 0 Å². The van der Waals surface area contributed by atoms with Gasteiger partial charge in [-0.25, -0.2) is 0 Å². The lowest BCUT2D eigenvalue weighted by atomic mass is 9.90. The van der Waals surface area contributed by atoms with Gasteiger partial charge >= 0.3 is 0 Å². The lowest BCUT2D eigenvalue weighted by molar-refractivity contribution is -0.136. The first-order valence-electron chi connectivity index (χ1n) is 9.94. The van der Waals surface area contributed by atoms with Gasteiger partial charge in [0.2, 0.25) is 11.8 Å². The molecule has 7 nitrogen and oxygen atoms in total. The van der Waals surface area contributed by atoms with E-state index in [1.165, 1.54) is 0 Å². The van der Waals surface area contributed by atoms with Gasteiger partial charge in [0, 0.05) is 37.2 Å². The van der Waals surface area contributed by atoms with Crippen molar-refractivity contribution in [1.82, 2.24) is 15.5 Å². The molecule has 2 heterocycles. The van der Waals surface area contributed by atoms with Crippen LogP contribution in [-0.2, 0) is 22.7 Å². The standard InChI is InChI=1S/C21H30N4O3/c1-13(2)9-21(3,12-22)23-10-14-4-5-15-11-25(20(28)16(15)8-14)17-6-7-18(26)24-19(17)27/h4-5,8,13,17,23H,6-7,9-12,22H2,1-3H3,(H,24,26,27). The van der Waals surface area contributed by atoms with E-state index in [1.807, 2.05) is 18.2 Å². The summed E-state index contributed by atoms with van der Waals surface area (Å²) in [6, 6.07) is 5.30. The van der Waals surface area contributed by atoms with Gasteiger partial charge in [-0.05, 0) is 42.9 Å². The van der Waals surface area contributed by atoms with Crippen molar-refractivity contribution in [2.75, 3.05) is 6.54 Å². The van der Waals surface area contributed by atoms with Gasteiger partial charge < -0.3 is 16.0 Å². The number of fused-ring (bicyclic) bond motifs is 1. The Balaban J connectivity index is 1.70. The van der Waals surface area contributed by atoms with Crippen LogP contribution < -0.4 is 16.4 Å². The molecule has 0 saturated carbocycles. The smallest absolute Gasteiger partial charge is 0.255 e. The summed E-state index contributed by atoms with van der Waals surface area (Å²) < 4.78 is 0. The van der Waals surface area contributed by atoms with E-state index in [1.54, 1.807) is 4.90 Å². The molecule has 1 aromatic carbocycles. The minimum Gasteiger partial charge on any atom is -0.329 e. The molecule has 1 saturated heterocycles. The molecule has 152 valence electrons. The molecule has 0 bridgehead atoms. The zero-order valence-corrected chi connectivity index (χ0v) is 16.9. The van der Waals surface area contributed by atoms with E-state index >= 15 is 0 Å². The summed E-state index contributed by atoms with van der Waals surface area (Å²) in [7, 11) is 0. The Morgan fingerprint density at radius 1 is 1.32 bits per heavy atom. The number of hydrogen-bond acceptors (Lipinski definition) is 5. The number of carbonyl (C=O) groups is 3. The maximum atomic E-state index is 12.9. The maximum absolute atomic E-state index is 12.9. The van der Waals surface area contributed by atoms with Crippen LogP contribution in [-0.4, -0.2) is 40.7 Å². The number of nitrogens with zero attached hydrogens (tertiary/aromatic N) is 1. The Kier molecular flexibility index (Phi) is 5.86. The number of hydrogen-bond donors (Lipinski definition) is 3. The van der Waals surface area contributed by atoms with Crippen molar-refractivity contribution in [1.29, 1.82) is 0 Å². The van der Waals surface area contributed by atoms with Gasteiger partial charge in [0.05, 0.1) is 0 Å². The minimum atomic E-state index is -0.578. The second-order valence-corrected chi connectivity index (χ2v) is 8.61. The van der Waals surface area contributed by atoms with E-state index in [2.05, 4.69) is 31.4 Å². The van der Waals surface area contributed by atoms with Crippen LogP contribution >= 0.6 is 0 Å². The molecule has 2 atom stereocenters. The van der Waals surface area contributed by atoms with Crippen LogP contribution in [0.4, 0.5) is 0 Å². The fourth-order valence-electron chi connectivity index (χ4n) is 4.16. The highest BCUT2D eigenvalue weighted by atomic mass is 16.2. The molecule has 7 heteroatoms. The second kappa shape index (κ2) is 8.01. The van der Waals surface area contributed by atoms with Crippen LogP contribution in [0.3, 0.4) is 0 Å². The predicted octanol–water partition coefficient (Wildman–Crippen LogP) is 1.30. The number of nitrogens with two attached hydrogens (primary N) is 1. The highest BCUT2D eigenvalue weighted by Gasteiger charge is 2.39. The van der Waals surface area contributed by atoms with Gasteiger partial charge in [0.15, 0.2) is 0 Å². The molecule has 0 spiro atoms. The van der Waals surface area contributed by atoms with Gasteiger partial charge in [-0.1, -0.05) is 26.0 Å². The highest BCUT2D eigenvalue weighted by molar-refractivity contribution is 6.05. The summed E-state index contributed by atoms with van der Waals surface area (Å²) in [5.74, 6) is -0.269. The van der Waals surface area contributed by atoms with E-state index in [0.717, 1.165) is 17.5 Å². The average molecular weight is 386 g/mol. The topological polar surface area (TPSA) is 105 Å². The van der Waals surface area contributed by atoms with Gasteiger partial charge in [-0.3, -0.25) is 19.7 Å². The molecule has 1 fully saturated rings. The number of piperidine rings is 1. The number of amides is 3. The number of rotatable bonds is 7. The number of imide groups is 1. The minimum absolute atomic E-state index is 0.143. The summed E-state index contributed by atoms with van der Waals surface area (Å²) >= 11 is 0. The summed E-state index contributed by atoms with van der Waals surface area (Å²) in [4.78, 5) is 38.0. The van der Waals surface area contributed by atoms with Crippen molar-refractivity contribution >= 4 is 17.7 Å². The van der Waals surface area contributed by atoms with E-state index in [0.29, 0.717) is 37.5 Å². The first-order valence-corrected chi connectivity index (χ1v) is 9.94. The molecule has 2 unspecified atom stereocenters. The van der Waals surface area contributed by atoms with Crippen molar-refractivity contribution in [2.45, 2.75) is 64.7 Å². The largest absolute Gasteiger partial charge is 0.329 e. The molecule has 3 rings (SSSR count). The quantitative estimate of drug-likeness (QED) is 0.613. The molecule has 0 aliphatic carbocycles. The van der Waals surface area contributed by atoms with Crippen LogP contribution in [0.15, 0.2) is 18.2 Å². The van der Waals surface area contributed by atoms with Gasteiger partial charge in [0.25, 0.3) is 5.91 Å². The third kappa shape index (κ3) is 4.25. The Morgan fingerprint density at radius 2 is 2.07 bits per heavy atom. The monoisotopic (exact) mass is 386 g/mol. The lowest BCUT2D eigenvalue weighted by Gasteiger charge is -2.31. The van der Waals surface area contributed by atoms with E-state index in [9.17, 15) is 14.4 Å². The summed E-state index contributed by atoms with van der Waals surface area (Å²) in [5.41, 5.74) is 8.39. The van der Waals surface area contributed by atoms with Crippen LogP contribution in [0.1, 0.15) is 61.5 Å². The SMILES string of the molecule is CC(C)CC(C)(CN)NCc1ccc2c(c1)C(=O)N(C1CCC(=O)NC1=O)C2. The van der Waals surface area contributed by atoms with Crippen molar-refractivity contribution < 1.29 is 14.4 Å². The van der Waals surface area contributed by atoms with Crippen molar-refractivity contribution in [2.24, 2.45) is 11.7 Å². The summed E-state index contributed by atoms with van der Waals surface area (Å²) in [5, 5.41) is 5.86. The molecule has 1 aromatic rings. The number of nitrogens with one attached hydrogen (secondary N) is 2. The first-order chi connectivity index (χ1) is 13.2. The fourth-order valence-corrected chi connectivity index (χ4v) is 4.16. The first kappa shape index (κ1) is 20.5. The molecule has 4 N–H and O–H groups in total. The Labute approximate surface area is 166 Å². The number of carbonyl (C=O) groups excluding carboxylic acids is 3. The third-order valence-corrected chi connectivity index (χ3v) is 5.62. The molecule has 28 heavy (non-hydrogen) atoms. The van der Waals surface area contributed by atoms with E-state index < -0.39 is 6.04 Å². The van der Waals surface area contributed by atoms with Gasteiger partial charge in [-0.15, -0.1) is 0 Å². The van der Waals surface area contributed by atoms with Crippen LogP contribution in [0, 0.1) is 5.92 Å². The maximum Gasteiger partial charge on any atom is 0.255 e. The molecule has 2 aliphatic heterocycles. The predicted molar refractivity (Wildman–Crippen MR) is 106 cm³/mol. The van der Waals surface area contributed by atoms with Gasteiger partial charge in [0.1, 0.15) is 6.04 Å². The van der Waals surface area contributed by atoms with Crippen LogP contribution in [0.5, 0.6) is 0 Å². The second-order valence-electron chi connectivity index (χ2n) is 8.61. The highest BCUT2D eigenvalue weighted by Crippen LogP contribution is 2.28. The van der Waals surface area contributed by atoms with Crippen LogP contribution in [0.2, 0.25) is 0 Å². The average Bonchev–Trinajstić information content (AvgIpc) is 2.96. The van der Waals surface area contributed by atoms with E-state index in [-0.39, 0.29) is 29.7 Å². The fraction of sp³-hybridized carbons (Fsp3) is 0.571. The normalized spacial score (nSPS) is 21.7. The summed E-state index contributed by atoms with van der Waals surface area (Å²) in [6.45, 7) is 8.04. The Hall–Kier alpha value is -2.25. The molecular weight excluding hydrogens is 356 g/mol. The molecule has 0 radical (unpaired) electrons. The van der Waals surface area contributed by atoms with Gasteiger partial charge in [-0.2, -0.15) is 0 Å². The van der Waals surface area contributed by atoms with Crippen molar-refractivity contribution in [3.63, 3.8) is 0 Å². The molecule has 2 aliphatic rings. The third-order valence-electron chi connectivity index (χ3n) is 5.62. The summed E-state index contributed by atoms with van der Waals surface area (Å²) in [6.07, 6.45) is 1.61. The molecule has 3 amide bonds. The zero-order valence-electron chi connectivity index (χ0n) is 16.9. The zero-order chi connectivity index (χ0) is 20.5. The van der Waals surface area contributed by atoms with Crippen molar-refractivity contribution in [3.05, 3.63) is 34.9 Å². The van der Waals surface area contributed by atoms with Crippen LogP contribution in [0.25, 0.3) is 0 Å².